The molecule has 0 aliphatic heterocycles. The Morgan fingerprint density at radius 1 is 1.07 bits per heavy atom. The summed E-state index contributed by atoms with van der Waals surface area (Å²) in [6, 6.07) is 13.9. The van der Waals surface area contributed by atoms with E-state index in [4.69, 9.17) is 0 Å². The molecule has 0 bridgehead atoms. The van der Waals surface area contributed by atoms with Gasteiger partial charge in [0.25, 0.3) is 5.56 Å². The van der Waals surface area contributed by atoms with E-state index in [1.807, 2.05) is 24.3 Å². The molecular formula is C21H19F2N3O2. The second-order valence-corrected chi connectivity index (χ2v) is 6.28. The molecule has 0 atom stereocenters. The SMILES string of the molecule is CCc1ccc(-c2ccc(=O)n(CC(=O)NCc3ccc(F)cc3F)n2)cc1. The molecule has 0 spiro atoms. The lowest BCUT2D eigenvalue weighted by Gasteiger charge is -2.09. The maximum atomic E-state index is 13.6. The first kappa shape index (κ1) is 19.4. The minimum atomic E-state index is -0.742. The van der Waals surface area contributed by atoms with Crippen molar-refractivity contribution in [1.29, 1.82) is 0 Å². The average molecular weight is 383 g/mol. The number of aryl methyl sites for hydroxylation is 1. The van der Waals surface area contributed by atoms with Gasteiger partial charge in [-0.3, -0.25) is 9.59 Å². The van der Waals surface area contributed by atoms with E-state index in [0.717, 1.165) is 28.8 Å². The second kappa shape index (κ2) is 8.56. The summed E-state index contributed by atoms with van der Waals surface area (Å²) in [6.45, 7) is 1.64. The number of halogens is 2. The van der Waals surface area contributed by atoms with Gasteiger partial charge in [0.15, 0.2) is 0 Å². The van der Waals surface area contributed by atoms with Gasteiger partial charge in [-0.05, 0) is 24.1 Å². The molecule has 1 amide bonds. The van der Waals surface area contributed by atoms with Crippen LogP contribution in [0.25, 0.3) is 11.3 Å². The van der Waals surface area contributed by atoms with Crippen LogP contribution in [0.4, 0.5) is 8.78 Å². The molecule has 2 aromatic carbocycles. The average Bonchev–Trinajstić information content (AvgIpc) is 2.69. The predicted octanol–water partition coefficient (Wildman–Crippen LogP) is 3.07. The molecule has 1 aromatic heterocycles. The Bertz CT molecular complexity index is 1050. The molecule has 28 heavy (non-hydrogen) atoms. The maximum absolute atomic E-state index is 13.6. The quantitative estimate of drug-likeness (QED) is 0.712. The van der Waals surface area contributed by atoms with Crippen LogP contribution in [-0.2, 0) is 24.3 Å². The molecule has 0 radical (unpaired) electrons. The number of hydrogen-bond acceptors (Lipinski definition) is 3. The Morgan fingerprint density at radius 2 is 1.82 bits per heavy atom. The number of aromatic nitrogens is 2. The Balaban J connectivity index is 1.70. The number of carbonyl (C=O) groups is 1. The minimum absolute atomic E-state index is 0.113. The van der Waals surface area contributed by atoms with E-state index in [9.17, 15) is 18.4 Å². The van der Waals surface area contributed by atoms with Crippen LogP contribution in [0.5, 0.6) is 0 Å². The summed E-state index contributed by atoms with van der Waals surface area (Å²) in [5.74, 6) is -1.93. The molecule has 1 heterocycles. The molecule has 0 saturated carbocycles. The number of rotatable bonds is 6. The maximum Gasteiger partial charge on any atom is 0.267 e. The van der Waals surface area contributed by atoms with Crippen molar-refractivity contribution in [1.82, 2.24) is 15.1 Å². The minimum Gasteiger partial charge on any atom is -0.350 e. The van der Waals surface area contributed by atoms with Crippen LogP contribution in [0.3, 0.4) is 0 Å². The summed E-state index contributed by atoms with van der Waals surface area (Å²) < 4.78 is 27.6. The van der Waals surface area contributed by atoms with Crippen molar-refractivity contribution in [2.45, 2.75) is 26.4 Å². The fourth-order valence-corrected chi connectivity index (χ4v) is 2.68. The molecule has 144 valence electrons. The number of carbonyl (C=O) groups excluding carboxylic acids is 1. The summed E-state index contributed by atoms with van der Waals surface area (Å²) in [4.78, 5) is 24.2. The van der Waals surface area contributed by atoms with E-state index in [0.29, 0.717) is 5.69 Å². The number of hydrogen-bond donors (Lipinski definition) is 1. The first-order valence-corrected chi connectivity index (χ1v) is 8.84. The lowest BCUT2D eigenvalue weighted by Crippen LogP contribution is -2.33. The largest absolute Gasteiger partial charge is 0.350 e. The smallest absolute Gasteiger partial charge is 0.267 e. The lowest BCUT2D eigenvalue weighted by atomic mass is 10.1. The molecule has 5 nitrogen and oxygen atoms in total. The summed E-state index contributed by atoms with van der Waals surface area (Å²) in [6.07, 6.45) is 0.919. The van der Waals surface area contributed by atoms with E-state index in [1.165, 1.54) is 17.7 Å². The molecule has 0 aliphatic carbocycles. The summed E-state index contributed by atoms with van der Waals surface area (Å²) >= 11 is 0. The standard InChI is InChI=1S/C21H19F2N3O2/c1-2-14-3-5-15(6-4-14)19-9-10-21(28)26(25-19)13-20(27)24-12-16-7-8-17(22)11-18(16)23/h3-11H,2,12-13H2,1H3,(H,24,27). The van der Waals surface area contributed by atoms with Crippen LogP contribution >= 0.6 is 0 Å². The van der Waals surface area contributed by atoms with Gasteiger partial charge in [-0.2, -0.15) is 5.10 Å². The van der Waals surface area contributed by atoms with Crippen molar-refractivity contribution in [2.75, 3.05) is 0 Å². The van der Waals surface area contributed by atoms with Crippen LogP contribution in [0.1, 0.15) is 18.1 Å². The first-order valence-electron chi connectivity index (χ1n) is 8.84. The fourth-order valence-electron chi connectivity index (χ4n) is 2.68. The molecule has 3 aromatic rings. The Hall–Kier alpha value is -3.35. The van der Waals surface area contributed by atoms with Gasteiger partial charge in [-0.25, -0.2) is 13.5 Å². The van der Waals surface area contributed by atoms with Gasteiger partial charge < -0.3 is 5.32 Å². The molecule has 0 saturated heterocycles. The first-order chi connectivity index (χ1) is 13.5. The predicted molar refractivity (Wildman–Crippen MR) is 102 cm³/mol. The molecule has 0 fully saturated rings. The molecule has 1 N–H and O–H groups in total. The Labute approximate surface area is 160 Å². The summed E-state index contributed by atoms with van der Waals surface area (Å²) in [5, 5.41) is 6.75. The van der Waals surface area contributed by atoms with Crippen LogP contribution < -0.4 is 10.9 Å². The van der Waals surface area contributed by atoms with Gasteiger partial charge in [-0.15, -0.1) is 0 Å². The van der Waals surface area contributed by atoms with E-state index in [2.05, 4.69) is 17.3 Å². The van der Waals surface area contributed by atoms with E-state index >= 15 is 0 Å². The van der Waals surface area contributed by atoms with Crippen molar-refractivity contribution in [2.24, 2.45) is 0 Å². The summed E-state index contributed by atoms with van der Waals surface area (Å²) in [5.41, 5.74) is 2.32. The van der Waals surface area contributed by atoms with Crippen LogP contribution in [-0.4, -0.2) is 15.7 Å². The van der Waals surface area contributed by atoms with Crippen molar-refractivity contribution < 1.29 is 13.6 Å². The monoisotopic (exact) mass is 383 g/mol. The van der Waals surface area contributed by atoms with Gasteiger partial charge in [-0.1, -0.05) is 37.3 Å². The lowest BCUT2D eigenvalue weighted by molar-refractivity contribution is -0.122. The van der Waals surface area contributed by atoms with Gasteiger partial charge in [0.2, 0.25) is 5.91 Å². The molecule has 3 rings (SSSR count). The van der Waals surface area contributed by atoms with Crippen LogP contribution in [0, 0.1) is 11.6 Å². The van der Waals surface area contributed by atoms with Gasteiger partial charge >= 0.3 is 0 Å². The molecular weight excluding hydrogens is 364 g/mol. The second-order valence-electron chi connectivity index (χ2n) is 6.28. The van der Waals surface area contributed by atoms with Crippen molar-refractivity contribution in [3.8, 4) is 11.3 Å². The Morgan fingerprint density at radius 3 is 2.50 bits per heavy atom. The normalized spacial score (nSPS) is 10.7. The van der Waals surface area contributed by atoms with Gasteiger partial charge in [0.1, 0.15) is 18.2 Å². The van der Waals surface area contributed by atoms with Crippen molar-refractivity contribution in [3.63, 3.8) is 0 Å². The van der Waals surface area contributed by atoms with E-state index < -0.39 is 23.1 Å². The topological polar surface area (TPSA) is 64.0 Å². The highest BCUT2D eigenvalue weighted by molar-refractivity contribution is 5.75. The number of nitrogens with zero attached hydrogens (tertiary/aromatic N) is 2. The van der Waals surface area contributed by atoms with Crippen LogP contribution in [0.15, 0.2) is 59.4 Å². The highest BCUT2D eigenvalue weighted by Crippen LogP contribution is 2.16. The van der Waals surface area contributed by atoms with E-state index in [-0.39, 0.29) is 18.7 Å². The molecule has 0 aliphatic rings. The third-order valence-electron chi connectivity index (χ3n) is 4.31. The number of amides is 1. The van der Waals surface area contributed by atoms with Crippen molar-refractivity contribution >= 4 is 5.91 Å². The highest BCUT2D eigenvalue weighted by atomic mass is 19.1. The molecule has 0 unspecified atom stereocenters. The third-order valence-corrected chi connectivity index (χ3v) is 4.31. The summed E-state index contributed by atoms with van der Waals surface area (Å²) in [7, 11) is 0. The van der Waals surface area contributed by atoms with E-state index in [1.54, 1.807) is 6.07 Å². The highest BCUT2D eigenvalue weighted by Gasteiger charge is 2.10. The zero-order valence-electron chi connectivity index (χ0n) is 15.3. The number of nitrogens with one attached hydrogen (secondary N) is 1. The zero-order chi connectivity index (χ0) is 20.1. The van der Waals surface area contributed by atoms with Crippen molar-refractivity contribution in [3.05, 3.63) is 87.7 Å². The Kier molecular flexibility index (Phi) is 5.93. The van der Waals surface area contributed by atoms with Gasteiger partial charge in [0, 0.05) is 29.8 Å². The number of benzene rings is 2. The molecule has 7 heteroatoms. The zero-order valence-corrected chi connectivity index (χ0v) is 15.3. The third kappa shape index (κ3) is 4.68. The van der Waals surface area contributed by atoms with Crippen LogP contribution in [0.2, 0.25) is 0 Å². The fraction of sp³-hybridized carbons (Fsp3) is 0.190. The van der Waals surface area contributed by atoms with Gasteiger partial charge in [0.05, 0.1) is 5.69 Å².